The van der Waals surface area contributed by atoms with Crippen LogP contribution in [0.1, 0.15) is 12.5 Å². The zero-order valence-corrected chi connectivity index (χ0v) is 10.8. The van der Waals surface area contributed by atoms with Crippen molar-refractivity contribution >= 4 is 17.9 Å². The minimum Gasteiger partial charge on any atom is -0.395 e. The molecule has 0 radical (unpaired) electrons. The summed E-state index contributed by atoms with van der Waals surface area (Å²) in [5.74, 6) is -0.661. The fourth-order valence-corrected chi connectivity index (χ4v) is 1.40. The second kappa shape index (κ2) is 8.05. The third kappa shape index (κ3) is 5.83. The Morgan fingerprint density at radius 2 is 2.00 bits per heavy atom. The van der Waals surface area contributed by atoms with E-state index in [1.165, 1.54) is 6.08 Å². The summed E-state index contributed by atoms with van der Waals surface area (Å²) < 4.78 is 0. The van der Waals surface area contributed by atoms with Crippen LogP contribution < -0.4 is 10.6 Å². The van der Waals surface area contributed by atoms with E-state index in [0.29, 0.717) is 0 Å². The maximum Gasteiger partial charge on any atom is 0.244 e. The van der Waals surface area contributed by atoms with Crippen LogP contribution in [0.4, 0.5) is 0 Å². The molecule has 1 aromatic carbocycles. The van der Waals surface area contributed by atoms with Crippen LogP contribution in [-0.2, 0) is 9.59 Å². The monoisotopic (exact) mass is 262 g/mol. The lowest BCUT2D eigenvalue weighted by atomic mass is 10.2. The summed E-state index contributed by atoms with van der Waals surface area (Å²) in [6, 6.07) is 8.76. The first kappa shape index (κ1) is 14.9. The first-order valence-corrected chi connectivity index (χ1v) is 6.05. The third-order valence-corrected chi connectivity index (χ3v) is 2.39. The van der Waals surface area contributed by atoms with Gasteiger partial charge in [0.05, 0.1) is 6.61 Å². The summed E-state index contributed by atoms with van der Waals surface area (Å²) in [4.78, 5) is 23.0. The van der Waals surface area contributed by atoms with Gasteiger partial charge in [0, 0.05) is 12.6 Å². The molecule has 0 aliphatic heterocycles. The summed E-state index contributed by atoms with van der Waals surface area (Å²) in [6.07, 6.45) is 3.05. The molecule has 0 aromatic heterocycles. The SMILES string of the molecule is CC(NC(=O)/C=C/c1ccccc1)C(=O)NCCO. The molecule has 1 unspecified atom stereocenters. The molecule has 2 amide bonds. The average molecular weight is 262 g/mol. The fourth-order valence-electron chi connectivity index (χ4n) is 1.40. The van der Waals surface area contributed by atoms with Gasteiger partial charge in [-0.2, -0.15) is 0 Å². The number of nitrogens with one attached hydrogen (secondary N) is 2. The van der Waals surface area contributed by atoms with E-state index in [0.717, 1.165) is 5.56 Å². The van der Waals surface area contributed by atoms with Crippen molar-refractivity contribution in [1.29, 1.82) is 0 Å². The summed E-state index contributed by atoms with van der Waals surface area (Å²) >= 11 is 0. The van der Waals surface area contributed by atoms with E-state index in [1.807, 2.05) is 30.3 Å². The highest BCUT2D eigenvalue weighted by atomic mass is 16.3. The molecule has 5 nitrogen and oxygen atoms in total. The van der Waals surface area contributed by atoms with Crippen molar-refractivity contribution in [3.05, 3.63) is 42.0 Å². The molecular weight excluding hydrogens is 244 g/mol. The Hall–Kier alpha value is -2.14. The number of carbonyl (C=O) groups is 2. The Bertz CT molecular complexity index is 443. The van der Waals surface area contributed by atoms with Crippen molar-refractivity contribution in [3.8, 4) is 0 Å². The van der Waals surface area contributed by atoms with Gasteiger partial charge in [-0.05, 0) is 18.6 Å². The highest BCUT2D eigenvalue weighted by molar-refractivity contribution is 5.95. The average Bonchev–Trinajstić information content (AvgIpc) is 2.43. The molecule has 1 atom stereocenters. The Morgan fingerprint density at radius 3 is 2.63 bits per heavy atom. The molecule has 0 saturated heterocycles. The van der Waals surface area contributed by atoms with Crippen LogP contribution in [0, 0.1) is 0 Å². The van der Waals surface area contributed by atoms with Gasteiger partial charge in [-0.1, -0.05) is 30.3 Å². The van der Waals surface area contributed by atoms with Crippen LogP contribution >= 0.6 is 0 Å². The molecule has 19 heavy (non-hydrogen) atoms. The molecule has 0 heterocycles. The molecule has 0 saturated carbocycles. The predicted octanol–water partition coefficient (Wildman–Crippen LogP) is 0.313. The van der Waals surface area contributed by atoms with E-state index >= 15 is 0 Å². The largest absolute Gasteiger partial charge is 0.395 e. The number of hydrogen-bond acceptors (Lipinski definition) is 3. The molecule has 0 aliphatic rings. The van der Waals surface area contributed by atoms with Gasteiger partial charge in [0.25, 0.3) is 0 Å². The van der Waals surface area contributed by atoms with Crippen LogP contribution in [0.15, 0.2) is 36.4 Å². The molecule has 0 bridgehead atoms. The third-order valence-electron chi connectivity index (χ3n) is 2.39. The van der Waals surface area contributed by atoms with Gasteiger partial charge in [-0.3, -0.25) is 9.59 Å². The van der Waals surface area contributed by atoms with Gasteiger partial charge in [-0.15, -0.1) is 0 Å². The summed E-state index contributed by atoms with van der Waals surface area (Å²) in [6.45, 7) is 1.64. The summed E-state index contributed by atoms with van der Waals surface area (Å²) in [5.41, 5.74) is 0.912. The van der Waals surface area contributed by atoms with Crippen molar-refractivity contribution in [2.45, 2.75) is 13.0 Å². The fraction of sp³-hybridized carbons (Fsp3) is 0.286. The van der Waals surface area contributed by atoms with E-state index in [-0.39, 0.29) is 25.0 Å². The van der Waals surface area contributed by atoms with Gasteiger partial charge in [0.15, 0.2) is 0 Å². The summed E-state index contributed by atoms with van der Waals surface area (Å²) in [7, 11) is 0. The van der Waals surface area contributed by atoms with Crippen molar-refractivity contribution in [1.82, 2.24) is 10.6 Å². The second-order valence-corrected chi connectivity index (χ2v) is 3.99. The quantitative estimate of drug-likeness (QED) is 0.646. The predicted molar refractivity (Wildman–Crippen MR) is 73.2 cm³/mol. The number of aliphatic hydroxyl groups excluding tert-OH is 1. The van der Waals surface area contributed by atoms with Gasteiger partial charge in [0.2, 0.25) is 11.8 Å². The Kier molecular flexibility index (Phi) is 6.32. The molecule has 1 aromatic rings. The van der Waals surface area contributed by atoms with Crippen LogP contribution in [-0.4, -0.2) is 36.1 Å². The molecule has 0 aliphatic carbocycles. The molecule has 3 N–H and O–H groups in total. The van der Waals surface area contributed by atoms with Crippen molar-refractivity contribution < 1.29 is 14.7 Å². The van der Waals surface area contributed by atoms with Crippen LogP contribution in [0.5, 0.6) is 0 Å². The maximum atomic E-state index is 11.6. The first-order chi connectivity index (χ1) is 9.13. The topological polar surface area (TPSA) is 78.4 Å². The number of rotatable bonds is 6. The molecule has 1 rings (SSSR count). The van der Waals surface area contributed by atoms with E-state index < -0.39 is 6.04 Å². The Balaban J connectivity index is 2.42. The minimum atomic E-state index is -0.639. The Morgan fingerprint density at radius 1 is 1.32 bits per heavy atom. The van der Waals surface area contributed by atoms with Crippen molar-refractivity contribution in [2.75, 3.05) is 13.2 Å². The van der Waals surface area contributed by atoms with E-state index in [4.69, 9.17) is 5.11 Å². The number of amides is 2. The number of benzene rings is 1. The lowest BCUT2D eigenvalue weighted by molar-refractivity contribution is -0.126. The van der Waals surface area contributed by atoms with Crippen LogP contribution in [0.2, 0.25) is 0 Å². The molecular formula is C14H18N2O3. The number of carbonyl (C=O) groups excluding carboxylic acids is 2. The highest BCUT2D eigenvalue weighted by Crippen LogP contribution is 2.00. The van der Waals surface area contributed by atoms with Crippen LogP contribution in [0.25, 0.3) is 6.08 Å². The minimum absolute atomic E-state index is 0.125. The standard InChI is InChI=1S/C14H18N2O3/c1-11(14(19)15-9-10-17)16-13(18)8-7-12-5-3-2-4-6-12/h2-8,11,17H,9-10H2,1H3,(H,15,19)(H,16,18)/b8-7+. The van der Waals surface area contributed by atoms with Gasteiger partial charge in [-0.25, -0.2) is 0 Å². The van der Waals surface area contributed by atoms with Crippen LogP contribution in [0.3, 0.4) is 0 Å². The lowest BCUT2D eigenvalue weighted by Crippen LogP contribution is -2.45. The van der Waals surface area contributed by atoms with E-state index in [1.54, 1.807) is 13.0 Å². The molecule has 0 spiro atoms. The molecule has 102 valence electrons. The van der Waals surface area contributed by atoms with Gasteiger partial charge in [0.1, 0.15) is 6.04 Å². The van der Waals surface area contributed by atoms with E-state index in [2.05, 4.69) is 10.6 Å². The second-order valence-electron chi connectivity index (χ2n) is 3.99. The zero-order chi connectivity index (χ0) is 14.1. The van der Waals surface area contributed by atoms with Gasteiger partial charge < -0.3 is 15.7 Å². The highest BCUT2D eigenvalue weighted by Gasteiger charge is 2.12. The number of aliphatic hydroxyl groups is 1. The molecule has 0 fully saturated rings. The summed E-state index contributed by atoms with van der Waals surface area (Å²) in [5, 5.41) is 13.6. The number of hydrogen-bond donors (Lipinski definition) is 3. The lowest BCUT2D eigenvalue weighted by Gasteiger charge is -2.12. The zero-order valence-electron chi connectivity index (χ0n) is 10.8. The van der Waals surface area contributed by atoms with Crippen molar-refractivity contribution in [3.63, 3.8) is 0 Å². The smallest absolute Gasteiger partial charge is 0.244 e. The Labute approximate surface area is 112 Å². The van der Waals surface area contributed by atoms with Gasteiger partial charge >= 0.3 is 0 Å². The van der Waals surface area contributed by atoms with Crippen molar-refractivity contribution in [2.24, 2.45) is 0 Å². The normalized spacial score (nSPS) is 12.1. The molecule has 5 heteroatoms. The first-order valence-electron chi connectivity index (χ1n) is 6.05. The van der Waals surface area contributed by atoms with E-state index in [9.17, 15) is 9.59 Å². The maximum absolute atomic E-state index is 11.6.